The first kappa shape index (κ1) is 12.0. The van der Waals surface area contributed by atoms with Crippen molar-refractivity contribution in [3.05, 3.63) is 33.3 Å². The number of nitrogens with one attached hydrogen (secondary N) is 1. The average molecular weight is 273 g/mol. The molecule has 0 saturated carbocycles. The topological polar surface area (TPSA) is 63.8 Å². The lowest BCUT2D eigenvalue weighted by Gasteiger charge is -2.05. The molecule has 106 valence electrons. The second kappa shape index (κ2) is 4.65. The lowest BCUT2D eigenvalue weighted by Crippen LogP contribution is -2.17. The van der Waals surface area contributed by atoms with Gasteiger partial charge in [-0.1, -0.05) is 6.42 Å². The van der Waals surface area contributed by atoms with Crippen molar-refractivity contribution >= 4 is 0 Å². The smallest absolute Gasteiger partial charge is 0.334 e. The molecule has 20 heavy (non-hydrogen) atoms. The zero-order chi connectivity index (χ0) is 13.5. The molecule has 0 amide bonds. The molecule has 2 aliphatic carbocycles. The van der Waals surface area contributed by atoms with Crippen molar-refractivity contribution in [1.29, 1.82) is 0 Å². The van der Waals surface area contributed by atoms with E-state index in [9.17, 15) is 4.79 Å². The molecule has 0 bridgehead atoms. The zero-order valence-electron chi connectivity index (χ0n) is 11.6. The van der Waals surface area contributed by atoms with E-state index in [1.807, 2.05) is 0 Å². The van der Waals surface area contributed by atoms with Gasteiger partial charge in [-0.2, -0.15) is 4.98 Å². The lowest BCUT2D eigenvalue weighted by atomic mass is 10.0. The van der Waals surface area contributed by atoms with E-state index in [1.54, 1.807) is 4.57 Å². The number of oxazole rings is 1. The number of aromatic amines is 1. The Bertz CT molecular complexity index is 669. The summed E-state index contributed by atoms with van der Waals surface area (Å²) in [4.78, 5) is 19.8. The molecule has 5 heteroatoms. The van der Waals surface area contributed by atoms with Crippen molar-refractivity contribution in [3.8, 4) is 6.01 Å². The molecule has 5 nitrogen and oxygen atoms in total. The molecule has 0 unspecified atom stereocenters. The number of imidazole rings is 1. The van der Waals surface area contributed by atoms with E-state index >= 15 is 0 Å². The van der Waals surface area contributed by atoms with E-state index < -0.39 is 0 Å². The highest BCUT2D eigenvalue weighted by molar-refractivity contribution is 5.26. The molecule has 2 aromatic rings. The van der Waals surface area contributed by atoms with E-state index in [4.69, 9.17) is 4.42 Å². The van der Waals surface area contributed by atoms with Crippen LogP contribution in [-0.2, 0) is 25.7 Å². The highest BCUT2D eigenvalue weighted by Gasteiger charge is 2.23. The second-order valence-corrected chi connectivity index (χ2v) is 5.82. The summed E-state index contributed by atoms with van der Waals surface area (Å²) < 4.78 is 7.54. The first-order valence-electron chi connectivity index (χ1n) is 7.64. The number of hydrogen-bond donors (Lipinski definition) is 1. The molecule has 0 aromatic carbocycles. The minimum atomic E-state index is -0.101. The minimum absolute atomic E-state index is 0.101. The molecule has 2 aliphatic rings. The number of fused-ring (bicyclic) bond motifs is 2. The van der Waals surface area contributed by atoms with Crippen molar-refractivity contribution in [2.45, 2.75) is 57.8 Å². The van der Waals surface area contributed by atoms with E-state index in [2.05, 4.69) is 9.97 Å². The first-order chi connectivity index (χ1) is 9.83. The molecule has 0 fully saturated rings. The van der Waals surface area contributed by atoms with Crippen molar-refractivity contribution in [1.82, 2.24) is 14.5 Å². The highest BCUT2D eigenvalue weighted by Crippen LogP contribution is 2.25. The maximum atomic E-state index is 12.2. The summed E-state index contributed by atoms with van der Waals surface area (Å²) in [6.45, 7) is 0. The van der Waals surface area contributed by atoms with Gasteiger partial charge < -0.3 is 9.40 Å². The van der Waals surface area contributed by atoms with E-state index in [0.717, 1.165) is 67.8 Å². The molecular formula is C15H19N3O2. The van der Waals surface area contributed by atoms with E-state index in [1.165, 1.54) is 12.8 Å². The maximum Gasteiger partial charge on any atom is 0.334 e. The fourth-order valence-electron chi connectivity index (χ4n) is 3.39. The fourth-order valence-corrected chi connectivity index (χ4v) is 3.39. The van der Waals surface area contributed by atoms with Crippen LogP contribution in [0.2, 0.25) is 0 Å². The number of H-pyrrole nitrogens is 1. The largest absolute Gasteiger partial charge is 0.428 e. The third kappa shape index (κ3) is 1.84. The van der Waals surface area contributed by atoms with Gasteiger partial charge in [-0.15, -0.1) is 0 Å². The minimum Gasteiger partial charge on any atom is -0.428 e. The fraction of sp³-hybridized carbons (Fsp3) is 0.600. The van der Waals surface area contributed by atoms with Crippen molar-refractivity contribution in [2.24, 2.45) is 0 Å². The second-order valence-electron chi connectivity index (χ2n) is 5.82. The van der Waals surface area contributed by atoms with Gasteiger partial charge in [-0.25, -0.2) is 9.36 Å². The summed E-state index contributed by atoms with van der Waals surface area (Å²) in [6.07, 6.45) is 9.63. The Kier molecular flexibility index (Phi) is 2.79. The molecule has 0 radical (unpaired) electrons. The molecule has 0 aliphatic heterocycles. The Balaban J connectivity index is 1.83. The summed E-state index contributed by atoms with van der Waals surface area (Å²) >= 11 is 0. The Morgan fingerprint density at radius 3 is 2.70 bits per heavy atom. The Hall–Kier alpha value is -1.78. The third-order valence-electron chi connectivity index (χ3n) is 4.45. The monoisotopic (exact) mass is 273 g/mol. The van der Waals surface area contributed by atoms with Crippen LogP contribution in [-0.4, -0.2) is 14.5 Å². The summed E-state index contributed by atoms with van der Waals surface area (Å²) in [7, 11) is 0. The molecule has 0 atom stereocenters. The van der Waals surface area contributed by atoms with Crippen LogP contribution < -0.4 is 5.69 Å². The number of rotatable bonds is 1. The number of hydrogen-bond acceptors (Lipinski definition) is 3. The summed E-state index contributed by atoms with van der Waals surface area (Å²) in [5, 5.41) is 0. The van der Waals surface area contributed by atoms with Crippen molar-refractivity contribution < 1.29 is 4.42 Å². The van der Waals surface area contributed by atoms with Crippen LogP contribution in [0.1, 0.15) is 54.9 Å². The third-order valence-corrected chi connectivity index (χ3v) is 4.45. The molecule has 4 rings (SSSR count). The predicted molar refractivity (Wildman–Crippen MR) is 74.4 cm³/mol. The molecular weight excluding hydrogens is 254 g/mol. The molecule has 1 N–H and O–H groups in total. The Morgan fingerprint density at radius 1 is 1.00 bits per heavy atom. The normalized spacial score (nSPS) is 18.4. The Morgan fingerprint density at radius 2 is 1.80 bits per heavy atom. The van der Waals surface area contributed by atoms with Crippen molar-refractivity contribution in [3.63, 3.8) is 0 Å². The average Bonchev–Trinajstić information content (AvgIpc) is 2.92. The van der Waals surface area contributed by atoms with Crippen LogP contribution in [0.15, 0.2) is 9.21 Å². The Labute approximate surface area is 117 Å². The first-order valence-corrected chi connectivity index (χ1v) is 7.64. The quantitative estimate of drug-likeness (QED) is 0.811. The van der Waals surface area contributed by atoms with Gasteiger partial charge in [0.15, 0.2) is 0 Å². The number of nitrogens with zero attached hydrogens (tertiary/aromatic N) is 2. The van der Waals surface area contributed by atoms with Crippen LogP contribution in [0.5, 0.6) is 0 Å². The number of aromatic nitrogens is 3. The van der Waals surface area contributed by atoms with E-state index in [0.29, 0.717) is 6.01 Å². The summed E-state index contributed by atoms with van der Waals surface area (Å²) in [5.41, 5.74) is 3.09. The van der Waals surface area contributed by atoms with E-state index in [-0.39, 0.29) is 5.69 Å². The lowest BCUT2D eigenvalue weighted by molar-refractivity contribution is 0.456. The highest BCUT2D eigenvalue weighted by atomic mass is 16.4. The van der Waals surface area contributed by atoms with Gasteiger partial charge in [0.25, 0.3) is 0 Å². The molecule has 0 saturated heterocycles. The van der Waals surface area contributed by atoms with Gasteiger partial charge >= 0.3 is 11.7 Å². The maximum absolute atomic E-state index is 12.2. The van der Waals surface area contributed by atoms with Crippen LogP contribution in [0.25, 0.3) is 6.01 Å². The van der Waals surface area contributed by atoms with Gasteiger partial charge in [0, 0.05) is 12.1 Å². The van der Waals surface area contributed by atoms with Gasteiger partial charge in [-0.05, 0) is 44.9 Å². The number of aryl methyl sites for hydroxylation is 3. The van der Waals surface area contributed by atoms with Gasteiger partial charge in [0.05, 0.1) is 11.4 Å². The molecule has 2 aromatic heterocycles. The zero-order valence-corrected chi connectivity index (χ0v) is 11.6. The van der Waals surface area contributed by atoms with Gasteiger partial charge in [0.2, 0.25) is 0 Å². The molecule has 2 heterocycles. The predicted octanol–water partition coefficient (Wildman–Crippen LogP) is 2.30. The van der Waals surface area contributed by atoms with Crippen LogP contribution in [0, 0.1) is 0 Å². The standard InChI is InChI=1S/C15H19N3O2/c19-14-16-10-6-2-1-3-8-12(10)18(14)15-17-11-7-4-5-9-13(11)20-15/h1-9H2,(H,16,19). The van der Waals surface area contributed by atoms with Gasteiger partial charge in [0.1, 0.15) is 5.76 Å². The van der Waals surface area contributed by atoms with Crippen LogP contribution in [0.4, 0.5) is 0 Å². The van der Waals surface area contributed by atoms with Crippen molar-refractivity contribution in [2.75, 3.05) is 0 Å². The summed E-state index contributed by atoms with van der Waals surface area (Å²) in [5.74, 6) is 0.974. The van der Waals surface area contributed by atoms with Crippen LogP contribution >= 0.6 is 0 Å². The summed E-state index contributed by atoms with van der Waals surface area (Å²) in [6, 6.07) is 0.473. The molecule has 0 spiro atoms. The van der Waals surface area contributed by atoms with Gasteiger partial charge in [-0.3, -0.25) is 0 Å². The van der Waals surface area contributed by atoms with Crippen LogP contribution in [0.3, 0.4) is 0 Å². The SMILES string of the molecule is O=c1[nH]c2c(n1-c1nc3c(o1)CCCC3)CCCCC2.